The second kappa shape index (κ2) is 2.87. The number of carboxylic acids is 1. The number of hydrogen-bond donors (Lipinski definition) is 0. The molecule has 1 unspecified atom stereocenters. The second-order valence-corrected chi connectivity index (χ2v) is 4.63. The molecule has 0 aromatic rings. The topological polar surface area (TPSA) is 69.4 Å². The van der Waals surface area contributed by atoms with Gasteiger partial charge in [0.15, 0.2) is 0 Å². The Morgan fingerprint density at radius 1 is 1.43 bits per heavy atom. The number of rotatable bonds is 1. The van der Waals surface area contributed by atoms with Crippen LogP contribution in [0.5, 0.6) is 0 Å². The molecule has 1 aliphatic heterocycles. The van der Waals surface area contributed by atoms with E-state index < -0.39 is 23.2 Å². The Morgan fingerprint density at radius 2 is 1.93 bits per heavy atom. The van der Waals surface area contributed by atoms with Crippen molar-refractivity contribution in [3.63, 3.8) is 0 Å². The zero-order valence-corrected chi connectivity index (χ0v) is 8.79. The van der Waals surface area contributed by atoms with Crippen LogP contribution in [0.3, 0.4) is 0 Å². The molecule has 0 aromatic heterocycles. The van der Waals surface area contributed by atoms with E-state index in [2.05, 4.69) is 0 Å². The summed E-state index contributed by atoms with van der Waals surface area (Å²) in [5.41, 5.74) is -1.78. The van der Waals surface area contributed by atoms with Gasteiger partial charge in [0.05, 0.1) is 12.5 Å². The molecule has 5 nitrogen and oxygen atoms in total. The van der Waals surface area contributed by atoms with Crippen LogP contribution in [0.1, 0.15) is 27.7 Å². The summed E-state index contributed by atoms with van der Waals surface area (Å²) in [5.74, 6) is -1.25. The van der Waals surface area contributed by atoms with E-state index in [4.69, 9.17) is 4.74 Å². The zero-order valence-electron chi connectivity index (χ0n) is 8.79. The third-order valence-electron chi connectivity index (χ3n) is 2.01. The quantitative estimate of drug-likeness (QED) is 0.547. The molecule has 5 heteroatoms. The maximum Gasteiger partial charge on any atom is 0.411 e. The number of aliphatic carboxylic acids is 1. The third kappa shape index (κ3) is 1.97. The minimum absolute atomic E-state index is 0.157. The van der Waals surface area contributed by atoms with Crippen LogP contribution in [0.15, 0.2) is 0 Å². The van der Waals surface area contributed by atoms with Crippen molar-refractivity contribution in [1.29, 1.82) is 0 Å². The van der Waals surface area contributed by atoms with Gasteiger partial charge in [0.2, 0.25) is 0 Å². The molecular formula is C9H14NO4-. The van der Waals surface area contributed by atoms with Crippen LogP contribution in [0, 0.1) is 0 Å². The van der Waals surface area contributed by atoms with Crippen LogP contribution in [0.4, 0.5) is 4.79 Å². The molecule has 1 heterocycles. The van der Waals surface area contributed by atoms with E-state index in [1.165, 1.54) is 6.92 Å². The second-order valence-electron chi connectivity index (χ2n) is 4.63. The van der Waals surface area contributed by atoms with Crippen LogP contribution in [-0.2, 0) is 9.53 Å². The van der Waals surface area contributed by atoms with E-state index in [0.717, 1.165) is 4.90 Å². The number of carbonyl (C=O) groups is 2. The van der Waals surface area contributed by atoms with Crippen molar-refractivity contribution in [2.24, 2.45) is 0 Å². The smallest absolute Gasteiger partial charge is 0.411 e. The lowest BCUT2D eigenvalue weighted by molar-refractivity contribution is -0.309. The molecule has 1 amide bonds. The van der Waals surface area contributed by atoms with Gasteiger partial charge in [-0.3, -0.25) is 4.90 Å². The van der Waals surface area contributed by atoms with E-state index >= 15 is 0 Å². The van der Waals surface area contributed by atoms with Gasteiger partial charge in [-0.05, 0) is 27.7 Å². The molecular weight excluding hydrogens is 186 g/mol. The number of carboxylic acid groups (broad SMARTS) is 1. The fourth-order valence-corrected chi connectivity index (χ4v) is 1.03. The number of carbonyl (C=O) groups excluding carboxylic acids is 2. The summed E-state index contributed by atoms with van der Waals surface area (Å²) in [5, 5.41) is 10.6. The first-order chi connectivity index (χ1) is 6.17. The summed E-state index contributed by atoms with van der Waals surface area (Å²) in [6, 6.07) is 0. The van der Waals surface area contributed by atoms with E-state index in [1.54, 1.807) is 20.8 Å². The summed E-state index contributed by atoms with van der Waals surface area (Å²) >= 11 is 0. The Labute approximate surface area is 82.6 Å². The molecule has 1 saturated heterocycles. The third-order valence-corrected chi connectivity index (χ3v) is 2.01. The molecule has 1 aliphatic rings. The predicted octanol–water partition coefficient (Wildman–Crippen LogP) is -0.254. The van der Waals surface area contributed by atoms with Crippen LogP contribution in [0.25, 0.3) is 0 Å². The molecule has 0 aromatic carbocycles. The normalized spacial score (nSPS) is 25.9. The first-order valence-corrected chi connectivity index (χ1v) is 4.39. The molecule has 0 aliphatic carbocycles. The number of ether oxygens (including phenoxy) is 1. The summed E-state index contributed by atoms with van der Waals surface area (Å²) < 4.78 is 5.00. The van der Waals surface area contributed by atoms with Crippen molar-refractivity contribution in [1.82, 2.24) is 4.90 Å². The predicted molar refractivity (Wildman–Crippen MR) is 46.4 cm³/mol. The van der Waals surface area contributed by atoms with Gasteiger partial charge in [-0.15, -0.1) is 0 Å². The Hall–Kier alpha value is -1.26. The molecule has 1 atom stereocenters. The largest absolute Gasteiger partial charge is 0.548 e. The minimum Gasteiger partial charge on any atom is -0.548 e. The highest BCUT2D eigenvalue weighted by molar-refractivity contribution is 5.88. The highest BCUT2D eigenvalue weighted by atomic mass is 16.6. The monoisotopic (exact) mass is 200 g/mol. The van der Waals surface area contributed by atoms with Crippen LogP contribution in [-0.4, -0.2) is 34.6 Å². The van der Waals surface area contributed by atoms with Gasteiger partial charge in [0, 0.05) is 0 Å². The maximum atomic E-state index is 11.4. The lowest BCUT2D eigenvalue weighted by atomic mass is 10.2. The van der Waals surface area contributed by atoms with Crippen LogP contribution in [0.2, 0.25) is 0 Å². The van der Waals surface area contributed by atoms with E-state index in [1.807, 2.05) is 0 Å². The minimum atomic E-state index is -1.25. The Balaban J connectivity index is 2.56. The molecule has 14 heavy (non-hydrogen) atoms. The van der Waals surface area contributed by atoms with E-state index in [9.17, 15) is 14.7 Å². The lowest BCUT2D eigenvalue weighted by Gasteiger charge is -2.21. The highest BCUT2D eigenvalue weighted by Crippen LogP contribution is 2.32. The van der Waals surface area contributed by atoms with Gasteiger partial charge in [0.1, 0.15) is 11.1 Å². The maximum absolute atomic E-state index is 11.4. The number of hydrogen-bond acceptors (Lipinski definition) is 4. The molecule has 0 N–H and O–H groups in total. The van der Waals surface area contributed by atoms with Crippen LogP contribution >= 0.6 is 0 Å². The van der Waals surface area contributed by atoms with Gasteiger partial charge in [-0.2, -0.15) is 0 Å². The van der Waals surface area contributed by atoms with Gasteiger partial charge >= 0.3 is 6.09 Å². The first-order valence-electron chi connectivity index (χ1n) is 4.39. The summed E-state index contributed by atoms with van der Waals surface area (Å²) in [7, 11) is 0. The van der Waals surface area contributed by atoms with Crippen molar-refractivity contribution in [3.8, 4) is 0 Å². The van der Waals surface area contributed by atoms with Crippen molar-refractivity contribution >= 4 is 12.1 Å². The SMILES string of the molecule is CC(C)(C)OC(=O)N1CC1(C)C(=O)[O-]. The zero-order chi connectivity index (χ0) is 11.1. The van der Waals surface area contributed by atoms with Crippen molar-refractivity contribution in [2.75, 3.05) is 6.54 Å². The van der Waals surface area contributed by atoms with E-state index in [-0.39, 0.29) is 6.54 Å². The first kappa shape index (κ1) is 10.8. The van der Waals surface area contributed by atoms with Gasteiger partial charge in [0.25, 0.3) is 0 Å². The standard InChI is InChI=1S/C9H15NO4/c1-8(2,3)14-7(13)10-5-9(10,4)6(11)12/h5H2,1-4H3,(H,11,12)/p-1. The van der Waals surface area contributed by atoms with Crippen molar-refractivity contribution < 1.29 is 19.4 Å². The highest BCUT2D eigenvalue weighted by Gasteiger charge is 2.54. The molecule has 0 radical (unpaired) electrons. The Bertz CT molecular complexity index is 281. The fraction of sp³-hybridized carbons (Fsp3) is 0.778. The number of amides is 1. The van der Waals surface area contributed by atoms with Gasteiger partial charge in [-0.25, -0.2) is 4.79 Å². The molecule has 0 spiro atoms. The van der Waals surface area contributed by atoms with Crippen LogP contribution < -0.4 is 5.11 Å². The molecule has 80 valence electrons. The summed E-state index contributed by atoms with van der Waals surface area (Å²) in [6.45, 7) is 6.77. The molecule has 0 saturated carbocycles. The lowest BCUT2D eigenvalue weighted by Crippen LogP contribution is -2.41. The average Bonchev–Trinajstić information content (AvgIpc) is 2.60. The van der Waals surface area contributed by atoms with Crippen molar-refractivity contribution in [3.05, 3.63) is 0 Å². The average molecular weight is 200 g/mol. The molecule has 1 rings (SSSR count). The Kier molecular flexibility index (Phi) is 2.21. The summed E-state index contributed by atoms with van der Waals surface area (Å²) in [4.78, 5) is 23.1. The van der Waals surface area contributed by atoms with Gasteiger partial charge < -0.3 is 14.6 Å². The Morgan fingerprint density at radius 3 is 2.21 bits per heavy atom. The fourth-order valence-electron chi connectivity index (χ4n) is 1.03. The number of nitrogens with zero attached hydrogens (tertiary/aromatic N) is 1. The van der Waals surface area contributed by atoms with E-state index in [0.29, 0.717) is 0 Å². The molecule has 1 fully saturated rings. The van der Waals surface area contributed by atoms with Crippen molar-refractivity contribution in [2.45, 2.75) is 38.8 Å². The summed E-state index contributed by atoms with van der Waals surface area (Å²) in [6.07, 6.45) is -0.607. The van der Waals surface area contributed by atoms with Gasteiger partial charge in [-0.1, -0.05) is 0 Å². The molecule has 0 bridgehead atoms.